The van der Waals surface area contributed by atoms with Gasteiger partial charge in [-0.2, -0.15) is 0 Å². The minimum atomic E-state index is 0.625. The Balaban J connectivity index is 1.84. The Kier molecular flexibility index (Phi) is 5.80. The van der Waals surface area contributed by atoms with E-state index in [2.05, 4.69) is 35.1 Å². The summed E-state index contributed by atoms with van der Waals surface area (Å²) < 4.78 is 5.10. The number of piperidine rings is 1. The summed E-state index contributed by atoms with van der Waals surface area (Å²) >= 11 is 0. The fourth-order valence-electron chi connectivity index (χ4n) is 2.85. The Morgan fingerprint density at radius 1 is 1.45 bits per heavy atom. The average molecular weight is 277 g/mol. The van der Waals surface area contributed by atoms with E-state index >= 15 is 0 Å². The van der Waals surface area contributed by atoms with Gasteiger partial charge in [-0.05, 0) is 38.3 Å². The molecule has 1 aromatic heterocycles. The van der Waals surface area contributed by atoms with Crippen molar-refractivity contribution in [2.75, 3.05) is 20.2 Å². The zero-order chi connectivity index (χ0) is 14.4. The lowest BCUT2D eigenvalue weighted by Crippen LogP contribution is -2.47. The van der Waals surface area contributed by atoms with Crippen molar-refractivity contribution in [2.45, 2.75) is 51.7 Å². The summed E-state index contributed by atoms with van der Waals surface area (Å²) in [5, 5.41) is 3.65. The normalized spacial score (nSPS) is 23.8. The predicted molar refractivity (Wildman–Crippen MR) is 82.0 cm³/mol. The smallest absolute Gasteiger partial charge is 0.212 e. The SMILES string of the molecule is CCCNC1CCN(Cc2ccc(OC)nc2)C(C)C1. The number of nitrogens with one attached hydrogen (secondary N) is 1. The molecule has 0 aromatic carbocycles. The first kappa shape index (κ1) is 15.3. The number of methoxy groups -OCH3 is 1. The molecule has 4 heteroatoms. The van der Waals surface area contributed by atoms with Crippen LogP contribution in [0.5, 0.6) is 5.88 Å². The molecule has 0 aliphatic carbocycles. The molecule has 112 valence electrons. The summed E-state index contributed by atoms with van der Waals surface area (Å²) in [6.07, 6.45) is 5.62. The molecule has 1 aliphatic heterocycles. The third-order valence-corrected chi connectivity index (χ3v) is 4.09. The van der Waals surface area contributed by atoms with Crippen molar-refractivity contribution in [3.8, 4) is 5.88 Å². The van der Waals surface area contributed by atoms with Gasteiger partial charge in [0.05, 0.1) is 7.11 Å². The lowest BCUT2D eigenvalue weighted by Gasteiger charge is -2.38. The van der Waals surface area contributed by atoms with Crippen molar-refractivity contribution in [1.82, 2.24) is 15.2 Å². The van der Waals surface area contributed by atoms with Crippen LogP contribution in [0.15, 0.2) is 18.3 Å². The van der Waals surface area contributed by atoms with Gasteiger partial charge in [-0.25, -0.2) is 4.98 Å². The van der Waals surface area contributed by atoms with Gasteiger partial charge >= 0.3 is 0 Å². The van der Waals surface area contributed by atoms with Crippen LogP contribution in [0.25, 0.3) is 0 Å². The monoisotopic (exact) mass is 277 g/mol. The van der Waals surface area contributed by atoms with E-state index in [0.29, 0.717) is 18.0 Å². The van der Waals surface area contributed by atoms with Crippen molar-refractivity contribution >= 4 is 0 Å². The highest BCUT2D eigenvalue weighted by Gasteiger charge is 2.24. The molecule has 0 bridgehead atoms. The van der Waals surface area contributed by atoms with Gasteiger partial charge in [0, 0.05) is 37.4 Å². The zero-order valence-electron chi connectivity index (χ0n) is 12.9. The fourth-order valence-corrected chi connectivity index (χ4v) is 2.85. The molecule has 1 N–H and O–H groups in total. The molecule has 1 fully saturated rings. The molecule has 20 heavy (non-hydrogen) atoms. The van der Waals surface area contributed by atoms with E-state index in [9.17, 15) is 0 Å². The Bertz CT molecular complexity index is 393. The number of aromatic nitrogens is 1. The highest BCUT2D eigenvalue weighted by Crippen LogP contribution is 2.20. The molecule has 0 spiro atoms. The summed E-state index contributed by atoms with van der Waals surface area (Å²) in [6.45, 7) is 7.84. The van der Waals surface area contributed by atoms with E-state index in [1.54, 1.807) is 7.11 Å². The topological polar surface area (TPSA) is 37.4 Å². The van der Waals surface area contributed by atoms with Crippen LogP contribution in [0.1, 0.15) is 38.7 Å². The van der Waals surface area contributed by atoms with Crippen molar-refractivity contribution < 1.29 is 4.74 Å². The third-order valence-electron chi connectivity index (χ3n) is 4.09. The first-order valence-electron chi connectivity index (χ1n) is 7.69. The molecule has 2 unspecified atom stereocenters. The maximum Gasteiger partial charge on any atom is 0.212 e. The number of hydrogen-bond acceptors (Lipinski definition) is 4. The number of rotatable bonds is 6. The first-order valence-corrected chi connectivity index (χ1v) is 7.69. The molecule has 2 atom stereocenters. The maximum atomic E-state index is 5.10. The summed E-state index contributed by atoms with van der Waals surface area (Å²) in [7, 11) is 1.65. The predicted octanol–water partition coefficient (Wildman–Crippen LogP) is 2.44. The molecule has 1 saturated heterocycles. The number of likely N-dealkylation sites (tertiary alicyclic amines) is 1. The fraction of sp³-hybridized carbons (Fsp3) is 0.688. The highest BCUT2D eigenvalue weighted by atomic mass is 16.5. The number of pyridine rings is 1. The van der Waals surface area contributed by atoms with Crippen molar-refractivity contribution in [1.29, 1.82) is 0 Å². The minimum Gasteiger partial charge on any atom is -0.481 e. The van der Waals surface area contributed by atoms with Crippen LogP contribution in [0.4, 0.5) is 0 Å². The number of nitrogens with zero attached hydrogens (tertiary/aromatic N) is 2. The van der Waals surface area contributed by atoms with Crippen LogP contribution in [0.2, 0.25) is 0 Å². The quantitative estimate of drug-likeness (QED) is 0.866. The van der Waals surface area contributed by atoms with Gasteiger partial charge in [0.1, 0.15) is 0 Å². The lowest BCUT2D eigenvalue weighted by molar-refractivity contribution is 0.128. The summed E-state index contributed by atoms with van der Waals surface area (Å²) in [4.78, 5) is 6.83. The van der Waals surface area contributed by atoms with E-state index in [-0.39, 0.29) is 0 Å². The molecular formula is C16H27N3O. The van der Waals surface area contributed by atoms with E-state index in [1.807, 2.05) is 12.3 Å². The Morgan fingerprint density at radius 2 is 2.30 bits per heavy atom. The van der Waals surface area contributed by atoms with Gasteiger partial charge < -0.3 is 10.1 Å². The number of ether oxygens (including phenoxy) is 1. The molecule has 2 rings (SSSR count). The molecule has 1 aromatic rings. The van der Waals surface area contributed by atoms with Crippen LogP contribution in [0, 0.1) is 0 Å². The van der Waals surface area contributed by atoms with Gasteiger partial charge in [0.25, 0.3) is 0 Å². The highest BCUT2D eigenvalue weighted by molar-refractivity contribution is 5.17. The van der Waals surface area contributed by atoms with Gasteiger partial charge in [0.2, 0.25) is 5.88 Å². The average Bonchev–Trinajstić information content (AvgIpc) is 2.48. The van der Waals surface area contributed by atoms with E-state index in [0.717, 1.165) is 19.6 Å². The van der Waals surface area contributed by atoms with Gasteiger partial charge in [-0.15, -0.1) is 0 Å². The zero-order valence-corrected chi connectivity index (χ0v) is 12.9. The lowest BCUT2D eigenvalue weighted by atomic mass is 9.97. The van der Waals surface area contributed by atoms with Crippen LogP contribution in [-0.4, -0.2) is 42.2 Å². The summed E-state index contributed by atoms with van der Waals surface area (Å²) in [5.41, 5.74) is 1.26. The largest absolute Gasteiger partial charge is 0.481 e. The maximum absolute atomic E-state index is 5.10. The second kappa shape index (κ2) is 7.60. The van der Waals surface area contributed by atoms with E-state index in [1.165, 1.54) is 24.8 Å². The van der Waals surface area contributed by atoms with Crippen LogP contribution in [-0.2, 0) is 6.54 Å². The van der Waals surface area contributed by atoms with Crippen molar-refractivity contribution in [2.24, 2.45) is 0 Å². The van der Waals surface area contributed by atoms with Crippen LogP contribution < -0.4 is 10.1 Å². The molecule has 1 aliphatic rings. The summed E-state index contributed by atoms with van der Waals surface area (Å²) in [6, 6.07) is 5.37. The Labute approximate surface area is 122 Å². The second-order valence-electron chi connectivity index (χ2n) is 5.70. The van der Waals surface area contributed by atoms with Gasteiger partial charge in [-0.1, -0.05) is 13.0 Å². The van der Waals surface area contributed by atoms with E-state index < -0.39 is 0 Å². The van der Waals surface area contributed by atoms with Crippen LogP contribution in [0.3, 0.4) is 0 Å². The van der Waals surface area contributed by atoms with Crippen molar-refractivity contribution in [3.63, 3.8) is 0 Å². The van der Waals surface area contributed by atoms with E-state index in [4.69, 9.17) is 4.74 Å². The molecule has 0 amide bonds. The van der Waals surface area contributed by atoms with Crippen LogP contribution >= 0.6 is 0 Å². The van der Waals surface area contributed by atoms with Gasteiger partial charge in [0.15, 0.2) is 0 Å². The molecule has 4 nitrogen and oxygen atoms in total. The first-order chi connectivity index (χ1) is 9.72. The Morgan fingerprint density at radius 3 is 2.90 bits per heavy atom. The number of hydrogen-bond donors (Lipinski definition) is 1. The summed E-state index contributed by atoms with van der Waals surface area (Å²) in [5.74, 6) is 0.685. The molecular weight excluding hydrogens is 250 g/mol. The third kappa shape index (κ3) is 4.18. The van der Waals surface area contributed by atoms with Gasteiger partial charge in [-0.3, -0.25) is 4.90 Å². The standard InChI is InChI=1S/C16H27N3O/c1-4-8-17-15-7-9-19(13(2)10-15)12-14-5-6-16(20-3)18-11-14/h5-6,11,13,15,17H,4,7-10,12H2,1-3H3. The molecule has 2 heterocycles. The molecule has 0 saturated carbocycles. The molecule has 0 radical (unpaired) electrons. The minimum absolute atomic E-state index is 0.625. The van der Waals surface area contributed by atoms with Crippen molar-refractivity contribution in [3.05, 3.63) is 23.9 Å². The second-order valence-corrected chi connectivity index (χ2v) is 5.70. The Hall–Kier alpha value is -1.13.